The van der Waals surface area contributed by atoms with Gasteiger partial charge in [-0.15, -0.1) is 0 Å². The zero-order valence-corrected chi connectivity index (χ0v) is 17.1. The number of piperazine rings is 2. The molecule has 2 saturated heterocycles. The van der Waals surface area contributed by atoms with Gasteiger partial charge in [0.15, 0.2) is 5.65 Å². The third-order valence-electron chi connectivity index (χ3n) is 5.87. The van der Waals surface area contributed by atoms with E-state index in [4.69, 9.17) is 0 Å². The summed E-state index contributed by atoms with van der Waals surface area (Å²) in [6.45, 7) is 2.16. The molecule has 1 N–H and O–H groups in total. The van der Waals surface area contributed by atoms with Crippen LogP contribution >= 0.6 is 0 Å². The van der Waals surface area contributed by atoms with Gasteiger partial charge in [-0.2, -0.15) is 18.3 Å². The van der Waals surface area contributed by atoms with E-state index in [9.17, 15) is 27.2 Å². The van der Waals surface area contributed by atoms with E-state index >= 15 is 0 Å². The molecule has 0 saturated carbocycles. The highest BCUT2D eigenvalue weighted by molar-refractivity contribution is 5.94. The molecule has 172 valence electrons. The third-order valence-corrected chi connectivity index (χ3v) is 5.87. The molecule has 1 unspecified atom stereocenters. The number of nitrogens with one attached hydrogen (secondary N) is 1. The second-order valence-corrected chi connectivity index (χ2v) is 7.94. The molecule has 33 heavy (non-hydrogen) atoms. The summed E-state index contributed by atoms with van der Waals surface area (Å²) >= 11 is 0. The summed E-state index contributed by atoms with van der Waals surface area (Å²) in [5.74, 6) is -1.29. The third kappa shape index (κ3) is 3.90. The summed E-state index contributed by atoms with van der Waals surface area (Å²) in [6.07, 6.45) is -3.61. The summed E-state index contributed by atoms with van der Waals surface area (Å²) in [4.78, 5) is 32.5. The number of hydrogen-bond acceptors (Lipinski definition) is 5. The molecule has 5 rings (SSSR count). The summed E-state index contributed by atoms with van der Waals surface area (Å²) in [6, 6.07) is 5.22. The van der Waals surface area contributed by atoms with Gasteiger partial charge in [-0.05, 0) is 30.3 Å². The first-order valence-corrected chi connectivity index (χ1v) is 10.3. The van der Waals surface area contributed by atoms with Crippen molar-refractivity contribution < 1.29 is 27.2 Å². The minimum Gasteiger partial charge on any atom is -0.353 e. The Morgan fingerprint density at radius 1 is 1.12 bits per heavy atom. The average Bonchev–Trinajstić information content (AvgIpc) is 3.22. The largest absolute Gasteiger partial charge is 0.420 e. The van der Waals surface area contributed by atoms with E-state index < -0.39 is 35.2 Å². The van der Waals surface area contributed by atoms with Crippen molar-refractivity contribution >= 4 is 17.5 Å². The highest BCUT2D eigenvalue weighted by Crippen LogP contribution is 2.34. The zero-order valence-electron chi connectivity index (χ0n) is 17.1. The lowest BCUT2D eigenvalue weighted by atomic mass is 10.1. The van der Waals surface area contributed by atoms with E-state index in [0.717, 1.165) is 28.9 Å². The van der Waals surface area contributed by atoms with Crippen LogP contribution in [0.2, 0.25) is 0 Å². The maximum absolute atomic E-state index is 13.8. The molecule has 0 radical (unpaired) electrons. The molecule has 2 aromatic heterocycles. The first-order chi connectivity index (χ1) is 15.7. The maximum Gasteiger partial charge on any atom is 0.420 e. The van der Waals surface area contributed by atoms with Gasteiger partial charge in [-0.1, -0.05) is 0 Å². The Labute approximate surface area is 184 Å². The number of benzene rings is 1. The minimum atomic E-state index is -4.75. The van der Waals surface area contributed by atoms with Gasteiger partial charge in [0.05, 0.1) is 11.9 Å². The molecule has 0 spiro atoms. The van der Waals surface area contributed by atoms with Gasteiger partial charge in [0.25, 0.3) is 5.91 Å². The highest BCUT2D eigenvalue weighted by atomic mass is 19.4. The number of carbonyl (C=O) groups is 2. The molecule has 2 amide bonds. The molecule has 0 bridgehead atoms. The van der Waals surface area contributed by atoms with Crippen LogP contribution in [0.5, 0.6) is 0 Å². The molecule has 2 aliphatic rings. The van der Waals surface area contributed by atoms with Crippen LogP contribution < -0.4 is 5.32 Å². The van der Waals surface area contributed by atoms with Crippen molar-refractivity contribution in [2.75, 3.05) is 32.7 Å². The molecule has 4 heterocycles. The Bertz CT molecular complexity index is 1240. The highest BCUT2D eigenvalue weighted by Gasteiger charge is 2.38. The normalized spacial score (nSPS) is 19.5. The fourth-order valence-electron chi connectivity index (χ4n) is 4.17. The molecule has 0 aliphatic carbocycles. The van der Waals surface area contributed by atoms with Crippen LogP contribution in [-0.4, -0.2) is 75.0 Å². The number of nitrogens with zero attached hydrogens (tertiary/aromatic N) is 5. The Morgan fingerprint density at radius 2 is 1.88 bits per heavy atom. The van der Waals surface area contributed by atoms with E-state index in [1.165, 1.54) is 17.0 Å². The molecule has 1 aromatic carbocycles. The number of hydrogen-bond donors (Lipinski definition) is 1. The number of aromatic nitrogens is 3. The topological polar surface area (TPSA) is 82.8 Å². The van der Waals surface area contributed by atoms with Crippen molar-refractivity contribution in [3.63, 3.8) is 0 Å². The lowest BCUT2D eigenvalue weighted by Crippen LogP contribution is -2.64. The van der Waals surface area contributed by atoms with E-state index in [0.29, 0.717) is 26.2 Å². The van der Waals surface area contributed by atoms with Crippen molar-refractivity contribution in [2.24, 2.45) is 0 Å². The fourth-order valence-corrected chi connectivity index (χ4v) is 4.17. The lowest BCUT2D eigenvalue weighted by Gasteiger charge is -2.42. The molecular formula is C21H18F4N6O2. The van der Waals surface area contributed by atoms with Crippen LogP contribution in [-0.2, 0) is 11.0 Å². The van der Waals surface area contributed by atoms with Crippen LogP contribution in [0.4, 0.5) is 17.6 Å². The Kier molecular flexibility index (Phi) is 5.04. The summed E-state index contributed by atoms with van der Waals surface area (Å²) in [5.41, 5.74) is -1.53. The first-order valence-electron chi connectivity index (χ1n) is 10.3. The number of amides is 2. The molecule has 2 fully saturated rings. The van der Waals surface area contributed by atoms with Crippen molar-refractivity contribution in [2.45, 2.75) is 12.2 Å². The van der Waals surface area contributed by atoms with Gasteiger partial charge in [-0.3, -0.25) is 14.5 Å². The quantitative estimate of drug-likeness (QED) is 0.588. The second kappa shape index (κ2) is 7.80. The average molecular weight is 462 g/mol. The summed E-state index contributed by atoms with van der Waals surface area (Å²) in [7, 11) is 0. The number of rotatable bonds is 2. The van der Waals surface area contributed by atoms with Gasteiger partial charge in [0.1, 0.15) is 23.1 Å². The van der Waals surface area contributed by atoms with Crippen molar-refractivity contribution in [1.29, 1.82) is 0 Å². The lowest BCUT2D eigenvalue weighted by molar-refractivity contribution is -0.136. The molecular weight excluding hydrogens is 444 g/mol. The molecule has 2 aliphatic heterocycles. The minimum absolute atomic E-state index is 0.0429. The Morgan fingerprint density at radius 3 is 2.61 bits per heavy atom. The Balaban J connectivity index is 1.51. The van der Waals surface area contributed by atoms with E-state index in [2.05, 4.69) is 15.4 Å². The maximum atomic E-state index is 13.8. The monoisotopic (exact) mass is 462 g/mol. The van der Waals surface area contributed by atoms with Gasteiger partial charge >= 0.3 is 6.18 Å². The zero-order chi connectivity index (χ0) is 23.3. The van der Waals surface area contributed by atoms with Gasteiger partial charge in [0.2, 0.25) is 5.91 Å². The van der Waals surface area contributed by atoms with Crippen LogP contribution in [0, 0.1) is 5.82 Å². The Hall–Kier alpha value is -3.54. The summed E-state index contributed by atoms with van der Waals surface area (Å²) < 4.78 is 55.5. The summed E-state index contributed by atoms with van der Waals surface area (Å²) in [5, 5.41) is 6.92. The van der Waals surface area contributed by atoms with Gasteiger partial charge in [-0.25, -0.2) is 13.9 Å². The predicted molar refractivity (Wildman–Crippen MR) is 108 cm³/mol. The smallest absolute Gasteiger partial charge is 0.353 e. The standard InChI is InChI=1S/C21H18F4N6O2/c22-13-3-1-12(2-4-13)15-9-14(21(23,24)25)18-27-16(10-31(18)28-15)20(33)30-8-7-29-6-5-26-19(32)17(29)11-30/h1-4,9-10,17H,5-8,11H2,(H,26,32). The molecule has 1 atom stereocenters. The van der Waals surface area contributed by atoms with E-state index in [1.54, 1.807) is 0 Å². The number of fused-ring (bicyclic) bond motifs is 2. The first kappa shape index (κ1) is 21.3. The van der Waals surface area contributed by atoms with Crippen LogP contribution in [0.25, 0.3) is 16.9 Å². The van der Waals surface area contributed by atoms with E-state index in [1.807, 2.05) is 4.90 Å². The molecule has 12 heteroatoms. The van der Waals surface area contributed by atoms with Crippen molar-refractivity contribution in [1.82, 2.24) is 29.7 Å². The number of alkyl halides is 3. The van der Waals surface area contributed by atoms with Gasteiger partial charge in [0, 0.05) is 38.3 Å². The van der Waals surface area contributed by atoms with Crippen LogP contribution in [0.3, 0.4) is 0 Å². The molecule has 8 nitrogen and oxygen atoms in total. The van der Waals surface area contributed by atoms with Crippen LogP contribution in [0.15, 0.2) is 36.5 Å². The van der Waals surface area contributed by atoms with Crippen molar-refractivity contribution in [3.05, 3.63) is 53.6 Å². The SMILES string of the molecule is O=C1NCCN2CCN(C(=O)c3cn4nc(-c5ccc(F)cc5)cc(C(F)(F)F)c4n3)CC12. The number of imidazole rings is 1. The van der Waals surface area contributed by atoms with Gasteiger partial charge < -0.3 is 10.2 Å². The van der Waals surface area contributed by atoms with E-state index in [-0.39, 0.29) is 29.4 Å². The number of carbonyl (C=O) groups excluding carboxylic acids is 2. The fraction of sp³-hybridized carbons (Fsp3) is 0.333. The second-order valence-electron chi connectivity index (χ2n) is 7.94. The van der Waals surface area contributed by atoms with Crippen molar-refractivity contribution in [3.8, 4) is 11.3 Å². The predicted octanol–water partition coefficient (Wildman–Crippen LogP) is 1.81. The number of halogens is 4. The van der Waals surface area contributed by atoms with Crippen LogP contribution in [0.1, 0.15) is 16.1 Å². The molecule has 3 aromatic rings.